The number of amides is 1. The van der Waals surface area contributed by atoms with Gasteiger partial charge in [0.25, 0.3) is 0 Å². The number of hydrogen-bond donors (Lipinski definition) is 0. The van der Waals surface area contributed by atoms with Gasteiger partial charge in [-0.1, -0.05) is 0 Å². The second kappa shape index (κ2) is 6.94. The highest BCUT2D eigenvalue weighted by Gasteiger charge is 2.27. The fourth-order valence-corrected chi connectivity index (χ4v) is 2.70. The van der Waals surface area contributed by atoms with Crippen molar-refractivity contribution in [1.29, 1.82) is 0 Å². The first-order valence-corrected chi connectivity index (χ1v) is 7.84. The first-order valence-electron chi connectivity index (χ1n) is 7.84. The largest absolute Gasteiger partial charge is 0.444 e. The Balaban J connectivity index is 1.71. The molecule has 2 heterocycles. The van der Waals surface area contributed by atoms with Gasteiger partial charge in [0.05, 0.1) is 12.7 Å². The van der Waals surface area contributed by atoms with Crippen LogP contribution in [0.5, 0.6) is 0 Å². The Hall–Kier alpha value is -0.850. The fourth-order valence-electron chi connectivity index (χ4n) is 2.70. The molecule has 6 nitrogen and oxygen atoms in total. The normalized spacial score (nSPS) is 25.9. The second-order valence-electron chi connectivity index (χ2n) is 7.02. The van der Waals surface area contributed by atoms with Gasteiger partial charge in [-0.2, -0.15) is 0 Å². The van der Waals surface area contributed by atoms with Crippen molar-refractivity contribution < 1.29 is 14.3 Å². The Kier molecular flexibility index (Phi) is 5.46. The molecule has 0 radical (unpaired) electrons. The fraction of sp³-hybridized carbons (Fsp3) is 0.933. The summed E-state index contributed by atoms with van der Waals surface area (Å²) in [5.41, 5.74) is -0.422. The Bertz CT molecular complexity index is 349. The van der Waals surface area contributed by atoms with Crippen molar-refractivity contribution in [2.75, 3.05) is 59.5 Å². The average Bonchev–Trinajstić information content (AvgIpc) is 2.37. The molecule has 0 N–H and O–H groups in total. The summed E-state index contributed by atoms with van der Waals surface area (Å²) >= 11 is 0. The van der Waals surface area contributed by atoms with Crippen molar-refractivity contribution in [3.05, 3.63) is 0 Å². The predicted octanol–water partition coefficient (Wildman–Crippen LogP) is 0.870. The highest BCUT2D eigenvalue weighted by molar-refractivity contribution is 5.68. The number of rotatable bonds is 2. The van der Waals surface area contributed by atoms with Gasteiger partial charge in [-0.15, -0.1) is 0 Å². The molecule has 0 spiro atoms. The zero-order valence-corrected chi connectivity index (χ0v) is 13.8. The molecule has 0 aromatic heterocycles. The van der Waals surface area contributed by atoms with Gasteiger partial charge < -0.3 is 19.3 Å². The van der Waals surface area contributed by atoms with Crippen LogP contribution in [0.1, 0.15) is 20.8 Å². The van der Waals surface area contributed by atoms with E-state index < -0.39 is 5.60 Å². The third-order valence-corrected chi connectivity index (χ3v) is 3.83. The van der Waals surface area contributed by atoms with Gasteiger partial charge in [0.2, 0.25) is 0 Å². The molecule has 0 bridgehead atoms. The molecule has 2 saturated heterocycles. The molecule has 1 atom stereocenters. The predicted molar refractivity (Wildman–Crippen MR) is 81.5 cm³/mol. The summed E-state index contributed by atoms with van der Waals surface area (Å²) in [7, 11) is 2.13. The van der Waals surface area contributed by atoms with Crippen LogP contribution in [-0.2, 0) is 9.47 Å². The van der Waals surface area contributed by atoms with Crippen molar-refractivity contribution in [3.8, 4) is 0 Å². The molecule has 6 heteroatoms. The summed E-state index contributed by atoms with van der Waals surface area (Å²) in [6.45, 7) is 12.7. The van der Waals surface area contributed by atoms with Crippen molar-refractivity contribution in [2.24, 2.45) is 0 Å². The molecule has 0 aromatic carbocycles. The number of morpholine rings is 1. The topological polar surface area (TPSA) is 45.2 Å². The van der Waals surface area contributed by atoms with Gasteiger partial charge in [0.15, 0.2) is 0 Å². The molecule has 21 heavy (non-hydrogen) atoms. The van der Waals surface area contributed by atoms with E-state index in [-0.39, 0.29) is 12.2 Å². The van der Waals surface area contributed by atoms with Crippen LogP contribution in [0.15, 0.2) is 0 Å². The van der Waals surface area contributed by atoms with Crippen LogP contribution in [0.25, 0.3) is 0 Å². The quantitative estimate of drug-likeness (QED) is 0.757. The summed E-state index contributed by atoms with van der Waals surface area (Å²) in [5.74, 6) is 0. The molecule has 1 unspecified atom stereocenters. The summed E-state index contributed by atoms with van der Waals surface area (Å²) in [4.78, 5) is 18.5. The Morgan fingerprint density at radius 1 is 1.19 bits per heavy atom. The lowest BCUT2D eigenvalue weighted by atomic mass is 10.2. The second-order valence-corrected chi connectivity index (χ2v) is 7.02. The van der Waals surface area contributed by atoms with Crippen LogP contribution in [0.3, 0.4) is 0 Å². The highest BCUT2D eigenvalue weighted by atomic mass is 16.6. The smallest absolute Gasteiger partial charge is 0.410 e. The van der Waals surface area contributed by atoms with Crippen LogP contribution in [0.2, 0.25) is 0 Å². The number of nitrogens with zero attached hydrogens (tertiary/aromatic N) is 3. The minimum atomic E-state index is -0.422. The van der Waals surface area contributed by atoms with Gasteiger partial charge in [0.1, 0.15) is 5.60 Å². The maximum absolute atomic E-state index is 12.0. The van der Waals surface area contributed by atoms with Crippen LogP contribution in [-0.4, -0.2) is 92.0 Å². The van der Waals surface area contributed by atoms with E-state index in [4.69, 9.17) is 9.47 Å². The van der Waals surface area contributed by atoms with E-state index >= 15 is 0 Å². The first-order chi connectivity index (χ1) is 9.83. The van der Waals surface area contributed by atoms with E-state index in [9.17, 15) is 4.79 Å². The Morgan fingerprint density at radius 2 is 1.86 bits per heavy atom. The molecule has 2 aliphatic heterocycles. The van der Waals surface area contributed by atoms with Crippen molar-refractivity contribution in [1.82, 2.24) is 14.7 Å². The maximum atomic E-state index is 12.0. The monoisotopic (exact) mass is 299 g/mol. The van der Waals surface area contributed by atoms with Crippen LogP contribution < -0.4 is 0 Å². The standard InChI is InChI=1S/C15H29N3O3/c1-15(2,3)21-14(19)18-7-5-17(6-8-18)12-13-11-16(4)9-10-20-13/h13H,5-12H2,1-4H3. The minimum absolute atomic E-state index is 0.198. The Labute approximate surface area is 128 Å². The molecular formula is C15H29N3O3. The molecule has 2 fully saturated rings. The van der Waals surface area contributed by atoms with Crippen molar-refractivity contribution in [3.63, 3.8) is 0 Å². The van der Waals surface area contributed by atoms with Gasteiger partial charge in [0, 0.05) is 45.8 Å². The average molecular weight is 299 g/mol. The number of likely N-dealkylation sites (N-methyl/N-ethyl adjacent to an activating group) is 1. The van der Waals surface area contributed by atoms with Crippen molar-refractivity contribution in [2.45, 2.75) is 32.5 Å². The number of ether oxygens (including phenoxy) is 2. The zero-order chi connectivity index (χ0) is 15.5. The highest BCUT2D eigenvalue weighted by Crippen LogP contribution is 2.13. The molecule has 1 amide bonds. The van der Waals surface area contributed by atoms with Crippen molar-refractivity contribution >= 4 is 6.09 Å². The minimum Gasteiger partial charge on any atom is -0.444 e. The van der Waals surface area contributed by atoms with Crippen LogP contribution in [0.4, 0.5) is 4.79 Å². The number of hydrogen-bond acceptors (Lipinski definition) is 5. The molecule has 2 aliphatic rings. The molecular weight excluding hydrogens is 270 g/mol. The van der Waals surface area contributed by atoms with E-state index in [2.05, 4.69) is 16.8 Å². The van der Waals surface area contributed by atoms with E-state index in [0.717, 1.165) is 52.4 Å². The molecule has 0 aromatic rings. The van der Waals surface area contributed by atoms with Gasteiger partial charge in [-0.25, -0.2) is 4.79 Å². The molecule has 2 rings (SSSR count). The lowest BCUT2D eigenvalue weighted by Gasteiger charge is -2.38. The van der Waals surface area contributed by atoms with E-state index in [0.29, 0.717) is 0 Å². The summed E-state index contributed by atoms with van der Waals surface area (Å²) < 4.78 is 11.2. The first kappa shape index (κ1) is 16.5. The summed E-state index contributed by atoms with van der Waals surface area (Å²) in [5, 5.41) is 0. The maximum Gasteiger partial charge on any atom is 0.410 e. The Morgan fingerprint density at radius 3 is 2.43 bits per heavy atom. The SMILES string of the molecule is CN1CCOC(CN2CCN(C(=O)OC(C)(C)C)CC2)C1. The lowest BCUT2D eigenvalue weighted by molar-refractivity contribution is -0.0423. The van der Waals surface area contributed by atoms with Gasteiger partial charge in [-0.3, -0.25) is 4.90 Å². The number of carbonyl (C=O) groups excluding carboxylic acids is 1. The lowest BCUT2D eigenvalue weighted by Crippen LogP contribution is -2.53. The van der Waals surface area contributed by atoms with E-state index in [1.165, 1.54) is 0 Å². The van der Waals surface area contributed by atoms with Crippen LogP contribution in [0, 0.1) is 0 Å². The van der Waals surface area contributed by atoms with E-state index in [1.807, 2.05) is 20.8 Å². The summed E-state index contributed by atoms with van der Waals surface area (Å²) in [6, 6.07) is 0. The third kappa shape index (κ3) is 5.45. The third-order valence-electron chi connectivity index (χ3n) is 3.83. The summed E-state index contributed by atoms with van der Waals surface area (Å²) in [6.07, 6.45) is 0.0904. The van der Waals surface area contributed by atoms with Crippen LogP contribution >= 0.6 is 0 Å². The molecule has 0 aliphatic carbocycles. The van der Waals surface area contributed by atoms with Gasteiger partial charge >= 0.3 is 6.09 Å². The zero-order valence-electron chi connectivity index (χ0n) is 13.8. The number of carbonyl (C=O) groups is 1. The molecule has 0 saturated carbocycles. The van der Waals surface area contributed by atoms with Gasteiger partial charge in [-0.05, 0) is 27.8 Å². The number of piperazine rings is 1. The molecule has 122 valence electrons. The van der Waals surface area contributed by atoms with E-state index in [1.54, 1.807) is 4.90 Å².